The molecule has 5 nitrogen and oxygen atoms in total. The molecule has 0 radical (unpaired) electrons. The largest absolute Gasteiger partial charge is 0.441 e. The minimum atomic E-state index is -0.0561. The minimum absolute atomic E-state index is 0.0561. The number of aromatic nitrogens is 1. The number of fused-ring (bicyclic) bond motifs is 1. The van der Waals surface area contributed by atoms with Gasteiger partial charge in [-0.05, 0) is 30.2 Å². The first-order valence-corrected chi connectivity index (χ1v) is 10.5. The molecule has 0 aliphatic carbocycles. The van der Waals surface area contributed by atoms with Crippen LogP contribution in [-0.4, -0.2) is 17.4 Å². The fourth-order valence-corrected chi connectivity index (χ4v) is 4.00. The summed E-state index contributed by atoms with van der Waals surface area (Å²) in [6.07, 6.45) is 3.47. The number of amides is 1. The number of benzene rings is 3. The highest BCUT2D eigenvalue weighted by Crippen LogP contribution is 2.38. The van der Waals surface area contributed by atoms with Crippen molar-refractivity contribution in [2.45, 2.75) is 19.3 Å². The second-order valence-electron chi connectivity index (χ2n) is 7.58. The van der Waals surface area contributed by atoms with E-state index in [0.717, 1.165) is 29.9 Å². The Morgan fingerprint density at radius 3 is 2.55 bits per heavy atom. The van der Waals surface area contributed by atoms with Crippen LogP contribution in [0, 0.1) is 0 Å². The van der Waals surface area contributed by atoms with E-state index in [2.05, 4.69) is 45.5 Å². The van der Waals surface area contributed by atoms with Gasteiger partial charge in [-0.15, -0.1) is 0 Å². The Morgan fingerprint density at radius 1 is 0.935 bits per heavy atom. The highest BCUT2D eigenvalue weighted by molar-refractivity contribution is 5.95. The van der Waals surface area contributed by atoms with Crippen LogP contribution in [0.5, 0.6) is 0 Å². The first-order chi connectivity index (χ1) is 15.3. The van der Waals surface area contributed by atoms with Crippen molar-refractivity contribution in [3.05, 3.63) is 96.5 Å². The summed E-state index contributed by atoms with van der Waals surface area (Å²) >= 11 is 0. The molecule has 0 bridgehead atoms. The topological polar surface area (TPSA) is 58.4 Å². The second-order valence-corrected chi connectivity index (χ2v) is 7.58. The van der Waals surface area contributed by atoms with Crippen LogP contribution in [0.2, 0.25) is 0 Å². The van der Waals surface area contributed by atoms with Crippen molar-refractivity contribution < 1.29 is 9.21 Å². The minimum Gasteiger partial charge on any atom is -0.441 e. The van der Waals surface area contributed by atoms with Crippen LogP contribution in [0.25, 0.3) is 11.3 Å². The molecule has 2 heterocycles. The Kier molecular flexibility index (Phi) is 5.23. The first-order valence-electron chi connectivity index (χ1n) is 10.5. The first kappa shape index (κ1) is 19.1. The maximum absolute atomic E-state index is 12.7. The third-order valence-electron chi connectivity index (χ3n) is 5.53. The van der Waals surface area contributed by atoms with E-state index in [1.807, 2.05) is 48.5 Å². The lowest BCUT2D eigenvalue weighted by Crippen LogP contribution is -2.18. The number of hydrogen-bond acceptors (Lipinski definition) is 4. The lowest BCUT2D eigenvalue weighted by Gasteiger charge is -2.23. The zero-order chi connectivity index (χ0) is 21.0. The van der Waals surface area contributed by atoms with Gasteiger partial charge in [-0.25, -0.2) is 4.98 Å². The average Bonchev–Trinajstić information content (AvgIpc) is 3.46. The fourth-order valence-electron chi connectivity index (χ4n) is 4.00. The number of oxazole rings is 1. The molecule has 1 aliphatic rings. The van der Waals surface area contributed by atoms with E-state index in [4.69, 9.17) is 4.42 Å². The van der Waals surface area contributed by atoms with E-state index in [1.165, 1.54) is 11.3 Å². The number of para-hydroxylation sites is 3. The average molecular weight is 409 g/mol. The van der Waals surface area contributed by atoms with Crippen molar-refractivity contribution in [1.29, 1.82) is 0 Å². The van der Waals surface area contributed by atoms with Gasteiger partial charge in [0.2, 0.25) is 5.91 Å². The predicted octanol–water partition coefficient (Wildman–Crippen LogP) is 5.61. The lowest BCUT2D eigenvalue weighted by molar-refractivity contribution is -0.116. The summed E-state index contributed by atoms with van der Waals surface area (Å²) in [4.78, 5) is 19.3. The monoisotopic (exact) mass is 409 g/mol. The normalized spacial score (nSPS) is 12.6. The molecular formula is C26H23N3O2. The summed E-state index contributed by atoms with van der Waals surface area (Å²) in [5.74, 6) is 1.23. The van der Waals surface area contributed by atoms with Crippen LogP contribution in [0.15, 0.2) is 89.5 Å². The number of aryl methyl sites for hydroxylation is 1. The summed E-state index contributed by atoms with van der Waals surface area (Å²) in [5, 5.41) is 3.08. The van der Waals surface area contributed by atoms with Crippen LogP contribution >= 0.6 is 0 Å². The molecule has 3 aromatic carbocycles. The summed E-state index contributed by atoms with van der Waals surface area (Å²) in [7, 11) is 0. The van der Waals surface area contributed by atoms with Gasteiger partial charge < -0.3 is 14.6 Å². The Balaban J connectivity index is 1.26. The molecule has 0 unspecified atom stereocenters. The van der Waals surface area contributed by atoms with Crippen LogP contribution in [-0.2, 0) is 17.6 Å². The number of nitrogens with one attached hydrogen (secondary N) is 1. The Hall–Kier alpha value is -3.86. The van der Waals surface area contributed by atoms with Gasteiger partial charge in [-0.2, -0.15) is 0 Å². The molecule has 0 saturated heterocycles. The van der Waals surface area contributed by atoms with Crippen molar-refractivity contribution in [1.82, 2.24) is 4.98 Å². The van der Waals surface area contributed by atoms with Crippen LogP contribution in [0.3, 0.4) is 0 Å². The van der Waals surface area contributed by atoms with Crippen LogP contribution < -0.4 is 10.2 Å². The number of rotatable bonds is 6. The van der Waals surface area contributed by atoms with Crippen molar-refractivity contribution >= 4 is 23.0 Å². The Morgan fingerprint density at radius 2 is 1.68 bits per heavy atom. The quantitative estimate of drug-likeness (QED) is 0.450. The molecule has 1 aromatic heterocycles. The summed E-state index contributed by atoms with van der Waals surface area (Å²) in [6, 6.07) is 26.2. The maximum atomic E-state index is 12.7. The molecule has 0 spiro atoms. The van der Waals surface area contributed by atoms with Gasteiger partial charge in [0.15, 0.2) is 11.7 Å². The molecule has 0 fully saturated rings. The molecule has 31 heavy (non-hydrogen) atoms. The van der Waals surface area contributed by atoms with Gasteiger partial charge in [-0.1, -0.05) is 60.7 Å². The summed E-state index contributed by atoms with van der Waals surface area (Å²) in [6.45, 7) is 0.908. The van der Waals surface area contributed by atoms with Gasteiger partial charge >= 0.3 is 0 Å². The molecule has 5 heteroatoms. The smallest absolute Gasteiger partial charge is 0.224 e. The van der Waals surface area contributed by atoms with E-state index in [0.29, 0.717) is 24.5 Å². The predicted molar refractivity (Wildman–Crippen MR) is 122 cm³/mol. The van der Waals surface area contributed by atoms with Crippen molar-refractivity contribution in [3.63, 3.8) is 0 Å². The van der Waals surface area contributed by atoms with E-state index >= 15 is 0 Å². The molecule has 0 saturated carbocycles. The summed E-state index contributed by atoms with van der Waals surface area (Å²) in [5.41, 5.74) is 5.36. The number of carbonyl (C=O) groups excluding carboxylic acids is 1. The van der Waals surface area contributed by atoms with E-state index in [-0.39, 0.29) is 5.91 Å². The van der Waals surface area contributed by atoms with E-state index in [1.54, 1.807) is 6.20 Å². The summed E-state index contributed by atoms with van der Waals surface area (Å²) < 4.78 is 5.82. The van der Waals surface area contributed by atoms with Gasteiger partial charge in [-0.3, -0.25) is 4.79 Å². The molecule has 1 amide bonds. The maximum Gasteiger partial charge on any atom is 0.224 e. The number of hydrogen-bond donors (Lipinski definition) is 1. The lowest BCUT2D eigenvalue weighted by atomic mass is 10.1. The molecule has 5 rings (SSSR count). The number of carbonyl (C=O) groups is 1. The highest BCUT2D eigenvalue weighted by atomic mass is 16.4. The Labute approximate surface area is 181 Å². The highest BCUT2D eigenvalue weighted by Gasteiger charge is 2.22. The number of nitrogens with zero attached hydrogens (tertiary/aromatic N) is 2. The van der Waals surface area contributed by atoms with Gasteiger partial charge in [0, 0.05) is 30.6 Å². The van der Waals surface area contributed by atoms with Crippen molar-refractivity contribution in [2.75, 3.05) is 16.8 Å². The molecular weight excluding hydrogens is 386 g/mol. The van der Waals surface area contributed by atoms with Crippen LogP contribution in [0.4, 0.5) is 17.1 Å². The van der Waals surface area contributed by atoms with Gasteiger partial charge in [0.25, 0.3) is 0 Å². The molecule has 1 aliphatic heterocycles. The zero-order valence-corrected chi connectivity index (χ0v) is 17.1. The van der Waals surface area contributed by atoms with E-state index in [9.17, 15) is 4.79 Å². The molecule has 4 aromatic rings. The third kappa shape index (κ3) is 4.08. The molecule has 154 valence electrons. The fraction of sp³-hybridized carbons (Fsp3) is 0.154. The molecule has 0 atom stereocenters. The Bertz CT molecular complexity index is 1200. The molecule has 1 N–H and O–H groups in total. The SMILES string of the molecule is O=C(CCc1ncc(-c2ccccc2)o1)Nc1ccccc1N1CCc2ccccc21. The van der Waals surface area contributed by atoms with Gasteiger partial charge in [0.1, 0.15) is 0 Å². The zero-order valence-electron chi connectivity index (χ0n) is 17.1. The van der Waals surface area contributed by atoms with Crippen molar-refractivity contribution in [2.24, 2.45) is 0 Å². The standard InChI is InChI=1S/C26H23N3O2/c30-25(14-15-26-27-18-24(31-26)20-9-2-1-3-10-20)28-21-11-5-7-13-23(21)29-17-16-19-8-4-6-12-22(19)29/h1-13,18H,14-17H2,(H,28,30). The second kappa shape index (κ2) is 8.48. The third-order valence-corrected chi connectivity index (χ3v) is 5.53. The van der Waals surface area contributed by atoms with Gasteiger partial charge in [0.05, 0.1) is 17.6 Å². The number of anilines is 3. The van der Waals surface area contributed by atoms with Crippen LogP contribution in [0.1, 0.15) is 17.9 Å². The van der Waals surface area contributed by atoms with E-state index < -0.39 is 0 Å². The van der Waals surface area contributed by atoms with Crippen molar-refractivity contribution in [3.8, 4) is 11.3 Å².